The van der Waals surface area contributed by atoms with Gasteiger partial charge in [-0.3, -0.25) is 4.84 Å². The van der Waals surface area contributed by atoms with Crippen LogP contribution in [-0.4, -0.2) is 12.1 Å². The van der Waals surface area contributed by atoms with E-state index in [2.05, 4.69) is 9.82 Å². The molecule has 0 saturated heterocycles. The standard InChI is InChI=1S/C10H12N2O2/c1-13-10-5-7-2-3-12-9(7)4-8(10)6-14-11/h2-5,12H,6,11H2,1H3. The Hall–Kier alpha value is -1.52. The zero-order valence-electron chi connectivity index (χ0n) is 7.91. The van der Waals surface area contributed by atoms with E-state index < -0.39 is 0 Å². The molecule has 0 fully saturated rings. The van der Waals surface area contributed by atoms with Crippen LogP contribution in [0.4, 0.5) is 0 Å². The third-order valence-corrected chi connectivity index (χ3v) is 2.19. The molecule has 0 aliphatic carbocycles. The van der Waals surface area contributed by atoms with E-state index in [0.717, 1.165) is 22.2 Å². The number of hydrogen-bond donors (Lipinski definition) is 2. The van der Waals surface area contributed by atoms with Crippen molar-refractivity contribution in [2.24, 2.45) is 5.90 Å². The van der Waals surface area contributed by atoms with Crippen LogP contribution in [0.5, 0.6) is 5.75 Å². The molecule has 4 heteroatoms. The van der Waals surface area contributed by atoms with Crippen molar-refractivity contribution in [2.45, 2.75) is 6.61 Å². The number of aromatic nitrogens is 1. The Morgan fingerprint density at radius 1 is 1.43 bits per heavy atom. The molecule has 0 aliphatic rings. The maximum absolute atomic E-state index is 5.23. The third-order valence-electron chi connectivity index (χ3n) is 2.19. The van der Waals surface area contributed by atoms with Crippen molar-refractivity contribution < 1.29 is 9.57 Å². The second-order valence-corrected chi connectivity index (χ2v) is 3.04. The highest BCUT2D eigenvalue weighted by Gasteiger charge is 2.05. The Morgan fingerprint density at radius 3 is 3.00 bits per heavy atom. The minimum absolute atomic E-state index is 0.345. The van der Waals surface area contributed by atoms with Crippen molar-refractivity contribution in [3.05, 3.63) is 30.0 Å². The van der Waals surface area contributed by atoms with Crippen molar-refractivity contribution in [1.82, 2.24) is 4.98 Å². The fourth-order valence-electron chi connectivity index (χ4n) is 1.52. The summed E-state index contributed by atoms with van der Waals surface area (Å²) in [5.74, 6) is 5.83. The zero-order chi connectivity index (χ0) is 9.97. The van der Waals surface area contributed by atoms with E-state index >= 15 is 0 Å². The molecule has 1 heterocycles. The van der Waals surface area contributed by atoms with E-state index in [9.17, 15) is 0 Å². The fourth-order valence-corrected chi connectivity index (χ4v) is 1.52. The lowest BCUT2D eigenvalue weighted by molar-refractivity contribution is 0.122. The van der Waals surface area contributed by atoms with Crippen molar-refractivity contribution in [3.8, 4) is 5.75 Å². The predicted molar refractivity (Wildman–Crippen MR) is 53.8 cm³/mol. The highest BCUT2D eigenvalue weighted by molar-refractivity contribution is 5.82. The van der Waals surface area contributed by atoms with Gasteiger partial charge < -0.3 is 9.72 Å². The summed E-state index contributed by atoms with van der Waals surface area (Å²) in [4.78, 5) is 7.72. The average molecular weight is 192 g/mol. The van der Waals surface area contributed by atoms with Gasteiger partial charge >= 0.3 is 0 Å². The summed E-state index contributed by atoms with van der Waals surface area (Å²) in [7, 11) is 1.63. The first-order chi connectivity index (χ1) is 6.85. The van der Waals surface area contributed by atoms with Crippen LogP contribution >= 0.6 is 0 Å². The molecular formula is C10H12N2O2. The lowest BCUT2D eigenvalue weighted by atomic mass is 10.1. The Labute approximate surface area is 81.6 Å². The number of nitrogens with one attached hydrogen (secondary N) is 1. The topological polar surface area (TPSA) is 60.3 Å². The van der Waals surface area contributed by atoms with Gasteiger partial charge in [-0.25, -0.2) is 5.90 Å². The van der Waals surface area contributed by atoms with Crippen molar-refractivity contribution >= 4 is 10.9 Å². The Bertz CT molecular complexity index is 437. The fraction of sp³-hybridized carbons (Fsp3) is 0.200. The van der Waals surface area contributed by atoms with Gasteiger partial charge in [0.15, 0.2) is 0 Å². The van der Waals surface area contributed by atoms with E-state index in [1.165, 1.54) is 0 Å². The molecule has 1 aromatic heterocycles. The maximum atomic E-state index is 5.23. The smallest absolute Gasteiger partial charge is 0.125 e. The van der Waals surface area contributed by atoms with Gasteiger partial charge in [0.1, 0.15) is 5.75 Å². The number of hydrogen-bond acceptors (Lipinski definition) is 3. The summed E-state index contributed by atoms with van der Waals surface area (Å²) in [5, 5.41) is 1.11. The number of methoxy groups -OCH3 is 1. The molecular weight excluding hydrogens is 180 g/mol. The Morgan fingerprint density at radius 2 is 2.29 bits per heavy atom. The first-order valence-electron chi connectivity index (χ1n) is 4.31. The van der Waals surface area contributed by atoms with Crippen LogP contribution in [-0.2, 0) is 11.4 Å². The van der Waals surface area contributed by atoms with Gasteiger partial charge in [0.25, 0.3) is 0 Å². The van der Waals surface area contributed by atoms with Gasteiger partial charge in [0.2, 0.25) is 0 Å². The average Bonchev–Trinajstić information content (AvgIpc) is 2.64. The van der Waals surface area contributed by atoms with Crippen LogP contribution in [0.1, 0.15) is 5.56 Å². The Balaban J connectivity index is 2.54. The molecule has 0 bridgehead atoms. The number of H-pyrrole nitrogens is 1. The van der Waals surface area contributed by atoms with Crippen molar-refractivity contribution in [1.29, 1.82) is 0 Å². The van der Waals surface area contributed by atoms with Crippen LogP contribution in [0.25, 0.3) is 10.9 Å². The minimum Gasteiger partial charge on any atom is -0.496 e. The van der Waals surface area contributed by atoms with E-state index in [4.69, 9.17) is 10.6 Å². The Kier molecular flexibility index (Phi) is 2.39. The zero-order valence-corrected chi connectivity index (χ0v) is 7.91. The number of fused-ring (bicyclic) bond motifs is 1. The van der Waals surface area contributed by atoms with Gasteiger partial charge in [-0.15, -0.1) is 0 Å². The van der Waals surface area contributed by atoms with Crippen LogP contribution in [0.2, 0.25) is 0 Å². The maximum Gasteiger partial charge on any atom is 0.125 e. The first-order valence-corrected chi connectivity index (χ1v) is 4.31. The second kappa shape index (κ2) is 3.69. The van der Waals surface area contributed by atoms with Gasteiger partial charge in [-0.1, -0.05) is 0 Å². The van der Waals surface area contributed by atoms with Crippen LogP contribution in [0.3, 0.4) is 0 Å². The van der Waals surface area contributed by atoms with E-state index in [0.29, 0.717) is 6.61 Å². The third kappa shape index (κ3) is 1.45. The molecule has 2 aromatic rings. The summed E-state index contributed by atoms with van der Waals surface area (Å²) < 4.78 is 5.23. The quantitative estimate of drug-likeness (QED) is 0.725. The number of nitrogens with two attached hydrogens (primary N) is 1. The normalized spacial score (nSPS) is 10.7. The van der Waals surface area contributed by atoms with E-state index in [-0.39, 0.29) is 0 Å². The molecule has 2 rings (SSSR count). The summed E-state index contributed by atoms with van der Waals surface area (Å²) >= 11 is 0. The van der Waals surface area contributed by atoms with Crippen molar-refractivity contribution in [3.63, 3.8) is 0 Å². The van der Waals surface area contributed by atoms with E-state index in [1.54, 1.807) is 7.11 Å². The highest BCUT2D eigenvalue weighted by atomic mass is 16.6. The summed E-state index contributed by atoms with van der Waals surface area (Å²) in [5.41, 5.74) is 1.99. The molecule has 0 atom stereocenters. The van der Waals surface area contributed by atoms with Crippen LogP contribution in [0.15, 0.2) is 24.4 Å². The molecule has 0 unspecified atom stereocenters. The van der Waals surface area contributed by atoms with Gasteiger partial charge in [-0.05, 0) is 18.2 Å². The largest absolute Gasteiger partial charge is 0.496 e. The predicted octanol–water partition coefficient (Wildman–Crippen LogP) is 1.57. The number of rotatable bonds is 3. The molecule has 14 heavy (non-hydrogen) atoms. The molecule has 0 aliphatic heterocycles. The first kappa shape index (κ1) is 9.05. The number of ether oxygens (including phenoxy) is 1. The number of benzene rings is 1. The molecule has 74 valence electrons. The lowest BCUT2D eigenvalue weighted by Crippen LogP contribution is -2.01. The van der Waals surface area contributed by atoms with Gasteiger partial charge in [0.05, 0.1) is 13.7 Å². The molecule has 0 amide bonds. The molecule has 4 nitrogen and oxygen atoms in total. The SMILES string of the molecule is COc1cc2cc[nH]c2cc1CON. The highest BCUT2D eigenvalue weighted by Crippen LogP contribution is 2.25. The summed E-state index contributed by atoms with van der Waals surface area (Å²) in [6.45, 7) is 0.345. The molecule has 1 aromatic carbocycles. The van der Waals surface area contributed by atoms with Gasteiger partial charge in [0, 0.05) is 22.7 Å². The molecule has 0 spiro atoms. The lowest BCUT2D eigenvalue weighted by Gasteiger charge is -2.07. The minimum atomic E-state index is 0.345. The van der Waals surface area contributed by atoms with Gasteiger partial charge in [-0.2, -0.15) is 0 Å². The van der Waals surface area contributed by atoms with Crippen LogP contribution in [0, 0.1) is 0 Å². The van der Waals surface area contributed by atoms with Crippen molar-refractivity contribution in [2.75, 3.05) is 7.11 Å². The summed E-state index contributed by atoms with van der Waals surface area (Å²) in [6.07, 6.45) is 1.89. The monoisotopic (exact) mass is 192 g/mol. The second-order valence-electron chi connectivity index (χ2n) is 3.04. The number of aromatic amines is 1. The molecule has 0 radical (unpaired) electrons. The molecule has 0 saturated carbocycles. The van der Waals surface area contributed by atoms with Crippen LogP contribution < -0.4 is 10.6 Å². The molecule has 3 N–H and O–H groups in total. The van der Waals surface area contributed by atoms with E-state index in [1.807, 2.05) is 24.4 Å². The summed E-state index contributed by atoms with van der Waals surface area (Å²) in [6, 6.07) is 5.92.